The first-order chi connectivity index (χ1) is 4.39. The Labute approximate surface area is 57.4 Å². The van der Waals surface area contributed by atoms with E-state index >= 15 is 0 Å². The van der Waals surface area contributed by atoms with Gasteiger partial charge in [0.2, 0.25) is 0 Å². The average Bonchev–Trinajstić information content (AvgIpc) is 1.94. The van der Waals surface area contributed by atoms with Crippen molar-refractivity contribution in [2.24, 2.45) is 5.73 Å². The second-order valence-electron chi connectivity index (χ2n) is 1.98. The average molecular weight is 131 g/mol. The Morgan fingerprint density at radius 1 is 1.44 bits per heavy atom. The van der Waals surface area contributed by atoms with E-state index in [2.05, 4.69) is 0 Å². The minimum absolute atomic E-state index is 0.314. The Hall–Kier alpha value is -0.0800. The van der Waals surface area contributed by atoms with Crippen molar-refractivity contribution in [2.45, 2.75) is 32.7 Å². The Balaban J connectivity index is 0.000000291. The molecule has 0 bridgehead atoms. The van der Waals surface area contributed by atoms with Gasteiger partial charge in [0.05, 0.1) is 6.61 Å². The molecule has 0 aliphatic carbocycles. The Morgan fingerprint density at radius 3 is 2.33 bits per heavy atom. The third-order valence-electron chi connectivity index (χ3n) is 1.20. The van der Waals surface area contributed by atoms with Crippen LogP contribution in [0.5, 0.6) is 0 Å². The molecule has 1 unspecified atom stereocenters. The largest absolute Gasteiger partial charge is 0.380 e. The van der Waals surface area contributed by atoms with Gasteiger partial charge in [-0.1, -0.05) is 13.8 Å². The van der Waals surface area contributed by atoms with Crippen LogP contribution in [0.3, 0.4) is 0 Å². The van der Waals surface area contributed by atoms with Crippen molar-refractivity contribution in [1.29, 1.82) is 0 Å². The molecule has 56 valence electrons. The van der Waals surface area contributed by atoms with E-state index in [9.17, 15) is 0 Å². The van der Waals surface area contributed by atoms with Crippen LogP contribution < -0.4 is 5.73 Å². The monoisotopic (exact) mass is 131 g/mol. The molecule has 9 heavy (non-hydrogen) atoms. The third-order valence-corrected chi connectivity index (χ3v) is 1.20. The summed E-state index contributed by atoms with van der Waals surface area (Å²) in [6, 6.07) is 0.314. The highest BCUT2D eigenvalue weighted by Crippen LogP contribution is 2.01. The first-order valence-corrected chi connectivity index (χ1v) is 3.73. The van der Waals surface area contributed by atoms with E-state index in [1.807, 2.05) is 13.8 Å². The van der Waals surface area contributed by atoms with Gasteiger partial charge in [0.25, 0.3) is 0 Å². The van der Waals surface area contributed by atoms with Crippen molar-refractivity contribution < 1.29 is 4.74 Å². The first-order valence-electron chi connectivity index (χ1n) is 3.73. The highest BCUT2D eigenvalue weighted by molar-refractivity contribution is 4.63. The Bertz CT molecular complexity index is 50.9. The molecule has 0 aromatic carbocycles. The number of hydrogen-bond acceptors (Lipinski definition) is 2. The maximum absolute atomic E-state index is 5.51. The van der Waals surface area contributed by atoms with E-state index in [4.69, 9.17) is 10.5 Å². The normalized spacial score (nSPS) is 26.3. The number of ether oxygens (including phenoxy) is 1. The van der Waals surface area contributed by atoms with Gasteiger partial charge in [-0.05, 0) is 12.8 Å². The molecule has 1 heterocycles. The molecule has 0 aromatic heterocycles. The maximum Gasteiger partial charge on any atom is 0.0617 e. The van der Waals surface area contributed by atoms with Gasteiger partial charge >= 0.3 is 0 Å². The van der Waals surface area contributed by atoms with Crippen molar-refractivity contribution in [2.75, 3.05) is 13.2 Å². The summed E-state index contributed by atoms with van der Waals surface area (Å²) in [6.45, 7) is 5.67. The van der Waals surface area contributed by atoms with E-state index in [1.54, 1.807) is 0 Å². The molecule has 0 radical (unpaired) electrons. The lowest BCUT2D eigenvalue weighted by molar-refractivity contribution is 0.0822. The zero-order valence-electron chi connectivity index (χ0n) is 6.39. The molecule has 0 saturated carbocycles. The van der Waals surface area contributed by atoms with Gasteiger partial charge in [-0.3, -0.25) is 0 Å². The zero-order valence-corrected chi connectivity index (χ0v) is 6.39. The highest BCUT2D eigenvalue weighted by Gasteiger charge is 2.06. The molecule has 0 spiro atoms. The molecule has 1 fully saturated rings. The van der Waals surface area contributed by atoms with Crippen molar-refractivity contribution in [3.8, 4) is 0 Å². The summed E-state index contributed by atoms with van der Waals surface area (Å²) in [5.74, 6) is 0. The van der Waals surface area contributed by atoms with Crippen LogP contribution in [0.1, 0.15) is 26.7 Å². The molecule has 1 rings (SSSR count). The van der Waals surface area contributed by atoms with Gasteiger partial charge in [-0.25, -0.2) is 0 Å². The summed E-state index contributed by atoms with van der Waals surface area (Å²) in [6.07, 6.45) is 2.28. The SMILES string of the molecule is CC.NC1CCCOC1. The zero-order chi connectivity index (χ0) is 7.11. The predicted octanol–water partition coefficient (Wildman–Crippen LogP) is 1.15. The van der Waals surface area contributed by atoms with E-state index in [0.29, 0.717) is 6.04 Å². The van der Waals surface area contributed by atoms with Crippen molar-refractivity contribution in [3.63, 3.8) is 0 Å². The summed E-state index contributed by atoms with van der Waals surface area (Å²) in [7, 11) is 0. The fraction of sp³-hybridized carbons (Fsp3) is 1.00. The van der Waals surface area contributed by atoms with Gasteiger partial charge in [0.1, 0.15) is 0 Å². The van der Waals surface area contributed by atoms with E-state index in [0.717, 1.165) is 26.1 Å². The van der Waals surface area contributed by atoms with Crippen LogP contribution in [-0.2, 0) is 4.74 Å². The molecule has 2 nitrogen and oxygen atoms in total. The van der Waals surface area contributed by atoms with Gasteiger partial charge in [0, 0.05) is 12.6 Å². The second kappa shape index (κ2) is 6.05. The molecular formula is C7H17NO. The van der Waals surface area contributed by atoms with Gasteiger partial charge in [-0.15, -0.1) is 0 Å². The number of hydrogen-bond donors (Lipinski definition) is 1. The van der Waals surface area contributed by atoms with Crippen LogP contribution in [0.15, 0.2) is 0 Å². The lowest BCUT2D eigenvalue weighted by Gasteiger charge is -2.16. The standard InChI is InChI=1S/C5H11NO.C2H6/c6-5-2-1-3-7-4-5;1-2/h5H,1-4,6H2;1-2H3. The smallest absolute Gasteiger partial charge is 0.0617 e. The summed E-state index contributed by atoms with van der Waals surface area (Å²) in [4.78, 5) is 0. The number of rotatable bonds is 0. The minimum Gasteiger partial charge on any atom is -0.380 e. The maximum atomic E-state index is 5.51. The molecule has 1 aliphatic rings. The lowest BCUT2D eigenvalue weighted by Crippen LogP contribution is -2.30. The number of nitrogens with two attached hydrogens (primary N) is 1. The highest BCUT2D eigenvalue weighted by atomic mass is 16.5. The molecule has 0 aromatic rings. The van der Waals surface area contributed by atoms with Crippen LogP contribution in [-0.4, -0.2) is 19.3 Å². The van der Waals surface area contributed by atoms with Crippen molar-refractivity contribution >= 4 is 0 Å². The molecule has 0 amide bonds. The van der Waals surface area contributed by atoms with E-state index in [-0.39, 0.29) is 0 Å². The quantitative estimate of drug-likeness (QED) is 0.535. The van der Waals surface area contributed by atoms with E-state index < -0.39 is 0 Å². The summed E-state index contributed by atoms with van der Waals surface area (Å²) in [5, 5.41) is 0. The van der Waals surface area contributed by atoms with Gasteiger partial charge in [0.15, 0.2) is 0 Å². The van der Waals surface area contributed by atoms with Crippen molar-refractivity contribution in [3.05, 3.63) is 0 Å². The fourth-order valence-electron chi connectivity index (χ4n) is 0.766. The predicted molar refractivity (Wildman–Crippen MR) is 39.4 cm³/mol. The fourth-order valence-corrected chi connectivity index (χ4v) is 0.766. The summed E-state index contributed by atoms with van der Waals surface area (Å²) < 4.78 is 5.06. The molecule has 2 heteroatoms. The van der Waals surface area contributed by atoms with Crippen LogP contribution in [0, 0.1) is 0 Å². The Kier molecular flexibility index (Phi) is 5.99. The Morgan fingerprint density at radius 2 is 2.11 bits per heavy atom. The molecular weight excluding hydrogens is 114 g/mol. The van der Waals surface area contributed by atoms with Crippen LogP contribution >= 0.6 is 0 Å². The minimum atomic E-state index is 0.314. The topological polar surface area (TPSA) is 35.2 Å². The van der Waals surface area contributed by atoms with Crippen molar-refractivity contribution in [1.82, 2.24) is 0 Å². The second-order valence-corrected chi connectivity index (χ2v) is 1.98. The molecule has 1 atom stereocenters. The van der Waals surface area contributed by atoms with E-state index in [1.165, 1.54) is 0 Å². The summed E-state index contributed by atoms with van der Waals surface area (Å²) >= 11 is 0. The van der Waals surface area contributed by atoms with Gasteiger partial charge in [-0.2, -0.15) is 0 Å². The van der Waals surface area contributed by atoms with Crippen LogP contribution in [0.25, 0.3) is 0 Å². The summed E-state index contributed by atoms with van der Waals surface area (Å²) in [5.41, 5.74) is 5.51. The molecule has 1 aliphatic heterocycles. The molecule has 2 N–H and O–H groups in total. The van der Waals surface area contributed by atoms with Crippen LogP contribution in [0.4, 0.5) is 0 Å². The third kappa shape index (κ3) is 4.43. The lowest BCUT2D eigenvalue weighted by atomic mass is 10.1. The first kappa shape index (κ1) is 8.92. The van der Waals surface area contributed by atoms with Gasteiger partial charge < -0.3 is 10.5 Å². The van der Waals surface area contributed by atoms with Crippen LogP contribution in [0.2, 0.25) is 0 Å². The molecule has 1 saturated heterocycles.